The minimum atomic E-state index is -3.70. The van der Waals surface area contributed by atoms with Crippen LogP contribution in [0.15, 0.2) is 36.4 Å². The molecule has 0 aromatic heterocycles. The molecule has 0 saturated carbocycles. The maximum Gasteiger partial charge on any atom is 0.240 e. The van der Waals surface area contributed by atoms with Crippen molar-refractivity contribution >= 4 is 44.8 Å². The molecule has 0 aliphatic rings. The van der Waals surface area contributed by atoms with E-state index in [0.29, 0.717) is 16.5 Å². The molecule has 0 aliphatic carbocycles. The smallest absolute Gasteiger partial charge is 0.240 e. The number of rotatable bonds is 9. The molecule has 0 spiro atoms. The average Bonchev–Trinajstić information content (AvgIpc) is 2.65. The monoisotopic (exact) mass is 460 g/mol. The highest BCUT2D eigenvalue weighted by atomic mass is 35.5. The fraction of sp³-hybridized carbons (Fsp3) is 0.316. The number of carbonyl (C=O) groups is 1. The maximum absolute atomic E-state index is 12.2. The normalized spacial score (nSPS) is 11.1. The van der Waals surface area contributed by atoms with Gasteiger partial charge in [-0.2, -0.15) is 0 Å². The standard InChI is InChI=1S/C19H22Cl2N2O5S/c1-13-4-6-15(11-16(13)20)28-9-8-22-19(24)12-23(29(3,25)26)14-5-7-18(27-2)17(21)10-14/h4-7,10-11H,8-9,12H2,1-3H3,(H,22,24). The van der Waals surface area contributed by atoms with Gasteiger partial charge in [0.2, 0.25) is 15.9 Å². The molecule has 158 valence electrons. The van der Waals surface area contributed by atoms with Crippen LogP contribution in [-0.4, -0.2) is 47.4 Å². The Morgan fingerprint density at radius 2 is 1.86 bits per heavy atom. The third kappa shape index (κ3) is 6.69. The van der Waals surface area contributed by atoms with Gasteiger partial charge in [-0.3, -0.25) is 9.10 Å². The van der Waals surface area contributed by atoms with Crippen LogP contribution in [0.25, 0.3) is 0 Å². The summed E-state index contributed by atoms with van der Waals surface area (Å²) in [6.45, 7) is 1.90. The summed E-state index contributed by atoms with van der Waals surface area (Å²) < 4.78 is 35.8. The molecule has 0 aliphatic heterocycles. The molecule has 1 N–H and O–H groups in total. The highest BCUT2D eigenvalue weighted by Crippen LogP contribution is 2.30. The number of amides is 1. The number of hydrogen-bond donors (Lipinski definition) is 1. The molecule has 10 heteroatoms. The number of nitrogens with one attached hydrogen (secondary N) is 1. The second-order valence-electron chi connectivity index (χ2n) is 6.20. The zero-order chi connectivity index (χ0) is 21.6. The Morgan fingerprint density at radius 3 is 2.45 bits per heavy atom. The first-order valence-electron chi connectivity index (χ1n) is 8.58. The minimum Gasteiger partial charge on any atom is -0.495 e. The second kappa shape index (κ2) is 10.0. The first-order valence-corrected chi connectivity index (χ1v) is 11.2. The number of aryl methyl sites for hydroxylation is 1. The number of ether oxygens (including phenoxy) is 2. The van der Waals surface area contributed by atoms with Gasteiger partial charge in [0.05, 0.1) is 30.6 Å². The first kappa shape index (κ1) is 23.1. The van der Waals surface area contributed by atoms with Crippen LogP contribution >= 0.6 is 23.2 Å². The fourth-order valence-electron chi connectivity index (χ4n) is 2.42. The summed E-state index contributed by atoms with van der Waals surface area (Å²) in [4.78, 5) is 12.2. The van der Waals surface area contributed by atoms with Crippen molar-refractivity contribution in [3.63, 3.8) is 0 Å². The van der Waals surface area contributed by atoms with E-state index < -0.39 is 22.5 Å². The van der Waals surface area contributed by atoms with E-state index in [4.69, 9.17) is 32.7 Å². The summed E-state index contributed by atoms with van der Waals surface area (Å²) >= 11 is 12.1. The summed E-state index contributed by atoms with van der Waals surface area (Å²) in [5, 5.41) is 3.46. The molecular formula is C19H22Cl2N2O5S. The van der Waals surface area contributed by atoms with Gasteiger partial charge < -0.3 is 14.8 Å². The molecule has 7 nitrogen and oxygen atoms in total. The predicted octanol–water partition coefficient (Wildman–Crippen LogP) is 3.27. The molecule has 29 heavy (non-hydrogen) atoms. The van der Waals surface area contributed by atoms with Gasteiger partial charge in [-0.05, 0) is 42.8 Å². The summed E-state index contributed by atoms with van der Waals surface area (Å²) in [5.74, 6) is 0.509. The van der Waals surface area contributed by atoms with Gasteiger partial charge in [0.25, 0.3) is 0 Å². The van der Waals surface area contributed by atoms with Gasteiger partial charge in [0, 0.05) is 5.02 Å². The largest absolute Gasteiger partial charge is 0.495 e. The fourth-order valence-corrected chi connectivity index (χ4v) is 3.69. The molecule has 2 aromatic rings. The third-order valence-corrected chi connectivity index (χ3v) is 5.79. The number of benzene rings is 2. The number of hydrogen-bond acceptors (Lipinski definition) is 5. The Hall–Kier alpha value is -2.16. The maximum atomic E-state index is 12.2. The molecule has 2 aromatic carbocycles. The van der Waals surface area contributed by atoms with Crippen molar-refractivity contribution in [1.82, 2.24) is 5.32 Å². The Morgan fingerprint density at radius 1 is 1.14 bits per heavy atom. The average molecular weight is 461 g/mol. The molecule has 2 rings (SSSR count). The lowest BCUT2D eigenvalue weighted by atomic mass is 10.2. The number of methoxy groups -OCH3 is 1. The summed E-state index contributed by atoms with van der Waals surface area (Å²) in [5.41, 5.74) is 1.20. The van der Waals surface area contributed by atoms with Crippen molar-refractivity contribution in [2.45, 2.75) is 6.92 Å². The van der Waals surface area contributed by atoms with Crippen molar-refractivity contribution in [1.29, 1.82) is 0 Å². The first-order chi connectivity index (χ1) is 13.6. The van der Waals surface area contributed by atoms with Crippen LogP contribution in [0.3, 0.4) is 0 Å². The van der Waals surface area contributed by atoms with E-state index in [-0.39, 0.29) is 23.9 Å². The van der Waals surface area contributed by atoms with E-state index in [1.807, 2.05) is 13.0 Å². The van der Waals surface area contributed by atoms with Crippen molar-refractivity contribution in [2.24, 2.45) is 0 Å². The molecule has 0 radical (unpaired) electrons. The van der Waals surface area contributed by atoms with Gasteiger partial charge >= 0.3 is 0 Å². The molecule has 0 unspecified atom stereocenters. The number of carbonyl (C=O) groups excluding carboxylic acids is 1. The molecule has 0 heterocycles. The lowest BCUT2D eigenvalue weighted by Crippen LogP contribution is -2.41. The molecule has 0 bridgehead atoms. The van der Waals surface area contributed by atoms with Crippen molar-refractivity contribution in [2.75, 3.05) is 37.4 Å². The number of nitrogens with zero attached hydrogens (tertiary/aromatic N) is 1. The lowest BCUT2D eigenvalue weighted by molar-refractivity contribution is -0.119. The van der Waals surface area contributed by atoms with Gasteiger partial charge in [0.15, 0.2) is 0 Å². The lowest BCUT2D eigenvalue weighted by Gasteiger charge is -2.22. The van der Waals surface area contributed by atoms with Crippen LogP contribution in [0, 0.1) is 6.92 Å². The summed E-state index contributed by atoms with van der Waals surface area (Å²) in [7, 11) is -2.25. The topological polar surface area (TPSA) is 84.9 Å². The minimum absolute atomic E-state index is 0.200. The Balaban J connectivity index is 1.94. The SMILES string of the molecule is COc1ccc(N(CC(=O)NCCOc2ccc(C)c(Cl)c2)S(C)(=O)=O)cc1Cl. The number of sulfonamides is 1. The van der Waals surface area contributed by atoms with Crippen LogP contribution in [0.1, 0.15) is 5.56 Å². The number of halogens is 2. The molecule has 1 amide bonds. The zero-order valence-corrected chi connectivity index (χ0v) is 18.6. The molecular weight excluding hydrogens is 439 g/mol. The van der Waals surface area contributed by atoms with Crippen LogP contribution < -0.4 is 19.1 Å². The Kier molecular flexibility index (Phi) is 8.01. The van der Waals surface area contributed by atoms with E-state index >= 15 is 0 Å². The van der Waals surface area contributed by atoms with Crippen LogP contribution in [0.4, 0.5) is 5.69 Å². The van der Waals surface area contributed by atoms with Crippen molar-refractivity contribution in [3.05, 3.63) is 52.0 Å². The molecule has 0 atom stereocenters. The van der Waals surface area contributed by atoms with E-state index in [1.165, 1.54) is 25.3 Å². The van der Waals surface area contributed by atoms with Gasteiger partial charge in [-0.1, -0.05) is 29.3 Å². The molecule has 0 saturated heterocycles. The van der Waals surface area contributed by atoms with Crippen molar-refractivity contribution in [3.8, 4) is 11.5 Å². The highest BCUT2D eigenvalue weighted by Gasteiger charge is 2.21. The quantitative estimate of drug-likeness (QED) is 0.580. The van der Waals surface area contributed by atoms with E-state index in [1.54, 1.807) is 12.1 Å². The van der Waals surface area contributed by atoms with Crippen molar-refractivity contribution < 1.29 is 22.7 Å². The summed E-state index contributed by atoms with van der Waals surface area (Å²) in [6.07, 6.45) is 1.02. The molecule has 0 fully saturated rings. The zero-order valence-electron chi connectivity index (χ0n) is 16.2. The Bertz CT molecular complexity index is 983. The van der Waals surface area contributed by atoms with Crippen LogP contribution in [0.5, 0.6) is 11.5 Å². The highest BCUT2D eigenvalue weighted by molar-refractivity contribution is 7.92. The van der Waals surface area contributed by atoms with Gasteiger partial charge in [-0.15, -0.1) is 0 Å². The Labute approximate surface area is 180 Å². The van der Waals surface area contributed by atoms with Gasteiger partial charge in [-0.25, -0.2) is 8.42 Å². The summed E-state index contributed by atoms with van der Waals surface area (Å²) in [6, 6.07) is 9.79. The van der Waals surface area contributed by atoms with Crippen LogP contribution in [0.2, 0.25) is 10.0 Å². The third-order valence-electron chi connectivity index (χ3n) is 3.95. The van der Waals surface area contributed by atoms with Crippen LogP contribution in [-0.2, 0) is 14.8 Å². The van der Waals surface area contributed by atoms with Gasteiger partial charge in [0.1, 0.15) is 24.7 Å². The van der Waals surface area contributed by atoms with E-state index in [0.717, 1.165) is 16.1 Å². The second-order valence-corrected chi connectivity index (χ2v) is 8.92. The van der Waals surface area contributed by atoms with E-state index in [2.05, 4.69) is 5.32 Å². The number of anilines is 1. The predicted molar refractivity (Wildman–Crippen MR) is 115 cm³/mol. The van der Waals surface area contributed by atoms with E-state index in [9.17, 15) is 13.2 Å².